The maximum Gasteiger partial charge on any atom is 0.420 e. The van der Waals surface area contributed by atoms with Gasteiger partial charge in [-0.15, -0.1) is 11.3 Å². The molecule has 0 aliphatic carbocycles. The summed E-state index contributed by atoms with van der Waals surface area (Å²) < 4.78 is 47.5. The summed E-state index contributed by atoms with van der Waals surface area (Å²) in [5.74, 6) is -0.595. The highest BCUT2D eigenvalue weighted by Crippen LogP contribution is 2.38. The third kappa shape index (κ3) is 3.79. The van der Waals surface area contributed by atoms with Crippen molar-refractivity contribution in [2.24, 2.45) is 0 Å². The summed E-state index contributed by atoms with van der Waals surface area (Å²) >= 11 is 7.70. The van der Waals surface area contributed by atoms with Crippen molar-refractivity contribution in [1.29, 1.82) is 0 Å². The molecule has 0 bridgehead atoms. The van der Waals surface area contributed by atoms with Crippen LogP contribution in [0.3, 0.4) is 0 Å². The van der Waals surface area contributed by atoms with Gasteiger partial charge in [-0.05, 0) is 12.1 Å². The van der Waals surface area contributed by atoms with E-state index in [9.17, 15) is 23.1 Å². The summed E-state index contributed by atoms with van der Waals surface area (Å²) in [6.45, 7) is 0.372. The Hall–Kier alpha value is -2.89. The van der Waals surface area contributed by atoms with Crippen molar-refractivity contribution in [2.75, 3.05) is 13.1 Å². The molecule has 1 N–H and O–H groups in total. The molecule has 4 aromatic heterocycles. The normalized spacial score (nSPS) is 16.5. The minimum atomic E-state index is -4.72. The third-order valence-electron chi connectivity index (χ3n) is 5.73. The average molecular weight is 497 g/mol. The number of thiazole rings is 1. The van der Waals surface area contributed by atoms with Crippen LogP contribution in [0, 0.1) is 0 Å². The zero-order valence-electron chi connectivity index (χ0n) is 16.8. The molecular weight excluding hydrogens is 481 g/mol. The molecule has 1 amide bonds. The van der Waals surface area contributed by atoms with Gasteiger partial charge in [0.2, 0.25) is 0 Å². The molecule has 172 valence electrons. The molecule has 0 unspecified atom stereocenters. The van der Waals surface area contributed by atoms with E-state index in [1.807, 2.05) is 0 Å². The van der Waals surface area contributed by atoms with Crippen LogP contribution in [0.1, 0.15) is 33.9 Å². The van der Waals surface area contributed by atoms with Gasteiger partial charge in [-0.1, -0.05) is 11.6 Å². The van der Waals surface area contributed by atoms with E-state index in [-0.39, 0.29) is 42.3 Å². The van der Waals surface area contributed by atoms with E-state index in [1.54, 1.807) is 11.6 Å². The molecule has 0 aromatic carbocycles. The number of amides is 1. The number of furan rings is 1. The first-order valence-corrected chi connectivity index (χ1v) is 11.2. The van der Waals surface area contributed by atoms with Crippen LogP contribution in [-0.4, -0.2) is 43.4 Å². The highest BCUT2D eigenvalue weighted by molar-refractivity contribution is 7.09. The fraction of sp³-hybridized carbons (Fsp3) is 0.286. The lowest BCUT2D eigenvalue weighted by Crippen LogP contribution is -2.45. The van der Waals surface area contributed by atoms with Gasteiger partial charge in [0.05, 0.1) is 18.1 Å². The highest BCUT2D eigenvalue weighted by Gasteiger charge is 2.40. The lowest BCUT2D eigenvalue weighted by molar-refractivity contribution is -0.136. The van der Waals surface area contributed by atoms with Crippen LogP contribution in [0.15, 0.2) is 46.8 Å². The first-order chi connectivity index (χ1) is 15.7. The summed E-state index contributed by atoms with van der Waals surface area (Å²) in [4.78, 5) is 22.7. The molecule has 0 atom stereocenters. The summed E-state index contributed by atoms with van der Waals surface area (Å²) in [6, 6.07) is 2.47. The topological polar surface area (TPSA) is 83.9 Å². The van der Waals surface area contributed by atoms with Crippen molar-refractivity contribution in [2.45, 2.75) is 24.6 Å². The molecule has 1 aliphatic heterocycles. The Morgan fingerprint density at radius 3 is 2.64 bits per heavy atom. The summed E-state index contributed by atoms with van der Waals surface area (Å²) in [5, 5.41) is 13.0. The zero-order valence-corrected chi connectivity index (χ0v) is 18.4. The number of nitrogens with zero attached hydrogens (tertiary/aromatic N) is 4. The number of piperidine rings is 1. The molecule has 33 heavy (non-hydrogen) atoms. The molecule has 4 aromatic rings. The standard InChI is InChI=1S/C21H16ClF3N4O3S/c22-16-15(18(30)28-5-2-20(31,3-6-28)19-26-4-8-33-19)27-17-14(21(23,24)25)9-13(10-29(16)17)12-1-7-32-11-12/h1,4,7-11,31H,2-3,5-6H2. The van der Waals surface area contributed by atoms with Gasteiger partial charge in [0.1, 0.15) is 15.8 Å². The number of fused-ring (bicyclic) bond motifs is 1. The Balaban J connectivity index is 1.50. The van der Waals surface area contributed by atoms with Gasteiger partial charge in [0.25, 0.3) is 5.91 Å². The van der Waals surface area contributed by atoms with E-state index < -0.39 is 28.9 Å². The molecule has 5 rings (SSSR count). The summed E-state index contributed by atoms with van der Waals surface area (Å²) in [6.07, 6.45) is 1.42. The van der Waals surface area contributed by atoms with Crippen LogP contribution in [0.25, 0.3) is 16.8 Å². The van der Waals surface area contributed by atoms with Crippen molar-refractivity contribution < 1.29 is 27.5 Å². The minimum Gasteiger partial charge on any atom is -0.472 e. The minimum absolute atomic E-state index is 0.186. The Morgan fingerprint density at radius 2 is 2.03 bits per heavy atom. The van der Waals surface area contributed by atoms with Gasteiger partial charge >= 0.3 is 6.18 Å². The van der Waals surface area contributed by atoms with Crippen LogP contribution >= 0.6 is 22.9 Å². The second-order valence-corrected chi connectivity index (χ2v) is 9.01. The molecule has 1 fully saturated rings. The summed E-state index contributed by atoms with van der Waals surface area (Å²) in [7, 11) is 0. The maximum atomic E-state index is 13.8. The summed E-state index contributed by atoms with van der Waals surface area (Å²) in [5.41, 5.74) is -2.24. The van der Waals surface area contributed by atoms with Crippen LogP contribution < -0.4 is 0 Å². The number of aliphatic hydroxyl groups is 1. The molecule has 5 heterocycles. The Bertz CT molecular complexity index is 1310. The van der Waals surface area contributed by atoms with Gasteiger partial charge < -0.3 is 14.4 Å². The molecule has 7 nitrogen and oxygen atoms in total. The third-order valence-corrected chi connectivity index (χ3v) is 7.06. The van der Waals surface area contributed by atoms with E-state index >= 15 is 0 Å². The number of likely N-dealkylation sites (tertiary alicyclic amines) is 1. The number of carbonyl (C=O) groups excluding carboxylic acids is 1. The number of imidazole rings is 1. The Morgan fingerprint density at radius 1 is 1.27 bits per heavy atom. The molecule has 0 radical (unpaired) electrons. The number of halogens is 4. The average Bonchev–Trinajstić information content (AvgIpc) is 3.54. The number of hydrogen-bond donors (Lipinski definition) is 1. The van der Waals surface area contributed by atoms with Gasteiger partial charge in [-0.25, -0.2) is 9.97 Å². The lowest BCUT2D eigenvalue weighted by Gasteiger charge is -2.36. The quantitative estimate of drug-likeness (QED) is 0.438. The molecule has 12 heteroatoms. The van der Waals surface area contributed by atoms with Crippen molar-refractivity contribution in [3.8, 4) is 11.1 Å². The predicted octanol–water partition coefficient (Wildman–Crippen LogP) is 4.85. The van der Waals surface area contributed by atoms with E-state index in [4.69, 9.17) is 16.0 Å². The van der Waals surface area contributed by atoms with E-state index in [0.29, 0.717) is 10.6 Å². The number of pyridine rings is 1. The number of carbonyl (C=O) groups is 1. The Kier molecular flexibility index (Phi) is 5.22. The maximum absolute atomic E-state index is 13.8. The van der Waals surface area contributed by atoms with E-state index in [1.165, 1.54) is 41.0 Å². The first kappa shape index (κ1) is 21.9. The van der Waals surface area contributed by atoms with Crippen LogP contribution in [-0.2, 0) is 11.8 Å². The van der Waals surface area contributed by atoms with Gasteiger partial charge in [-0.3, -0.25) is 9.20 Å². The smallest absolute Gasteiger partial charge is 0.420 e. The molecular formula is C21H16ClF3N4O3S. The second kappa shape index (κ2) is 7.86. The van der Waals surface area contributed by atoms with E-state index in [0.717, 1.165) is 10.5 Å². The van der Waals surface area contributed by atoms with Crippen molar-refractivity contribution >= 4 is 34.5 Å². The lowest BCUT2D eigenvalue weighted by atomic mass is 9.92. The van der Waals surface area contributed by atoms with Crippen molar-refractivity contribution in [1.82, 2.24) is 19.3 Å². The zero-order chi connectivity index (χ0) is 23.4. The second-order valence-electron chi connectivity index (χ2n) is 7.76. The number of alkyl halides is 3. The monoisotopic (exact) mass is 496 g/mol. The highest BCUT2D eigenvalue weighted by atomic mass is 35.5. The van der Waals surface area contributed by atoms with Gasteiger partial charge in [0, 0.05) is 54.8 Å². The van der Waals surface area contributed by atoms with Crippen LogP contribution in [0.4, 0.5) is 13.2 Å². The van der Waals surface area contributed by atoms with Crippen LogP contribution in [0.5, 0.6) is 0 Å². The predicted molar refractivity (Wildman–Crippen MR) is 114 cm³/mol. The Labute approximate surface area is 194 Å². The van der Waals surface area contributed by atoms with Gasteiger partial charge in [0.15, 0.2) is 11.3 Å². The SMILES string of the molecule is O=C(c1nc2c(C(F)(F)F)cc(-c3ccoc3)cn2c1Cl)N1CCC(O)(c2nccs2)CC1. The molecule has 0 saturated carbocycles. The van der Waals surface area contributed by atoms with Crippen molar-refractivity contribution in [3.05, 3.63) is 63.9 Å². The number of aromatic nitrogens is 3. The molecule has 0 spiro atoms. The fourth-order valence-corrected chi connectivity index (χ4v) is 4.99. The molecule has 1 aliphatic rings. The fourth-order valence-electron chi connectivity index (χ4n) is 3.95. The van der Waals surface area contributed by atoms with Gasteiger partial charge in [-0.2, -0.15) is 13.2 Å². The van der Waals surface area contributed by atoms with Crippen LogP contribution in [0.2, 0.25) is 5.15 Å². The number of hydrogen-bond acceptors (Lipinski definition) is 6. The largest absolute Gasteiger partial charge is 0.472 e. The van der Waals surface area contributed by atoms with E-state index in [2.05, 4.69) is 9.97 Å². The van der Waals surface area contributed by atoms with Crippen molar-refractivity contribution in [3.63, 3.8) is 0 Å². The first-order valence-electron chi connectivity index (χ1n) is 9.90. The molecule has 1 saturated heterocycles. The number of rotatable bonds is 3.